The number of nitrogens with zero attached hydrogens (tertiary/aromatic N) is 4. The van der Waals surface area contributed by atoms with Crippen molar-refractivity contribution >= 4 is 44.6 Å². The second-order valence-electron chi connectivity index (χ2n) is 13.4. The molecule has 4 heterocycles. The molecule has 5 heteroatoms. The minimum absolute atomic E-state index is 0.642. The maximum absolute atomic E-state index is 5.40. The van der Waals surface area contributed by atoms with Gasteiger partial charge >= 0.3 is 0 Å². The summed E-state index contributed by atoms with van der Waals surface area (Å²) in [5.74, 6) is 0.642. The lowest BCUT2D eigenvalue weighted by Gasteiger charge is -2.20. The van der Waals surface area contributed by atoms with E-state index in [1.165, 1.54) is 53.8 Å². The molecule has 0 amide bonds. The maximum atomic E-state index is 5.40. The predicted octanol–water partition coefficient (Wildman–Crippen LogP) is 12.7. The van der Waals surface area contributed by atoms with E-state index in [-0.39, 0.29) is 0 Å². The van der Waals surface area contributed by atoms with Crippen molar-refractivity contribution in [3.8, 4) is 56.4 Å². The molecular weight excluding hydrogens is 665 g/mol. The van der Waals surface area contributed by atoms with Crippen molar-refractivity contribution in [3.63, 3.8) is 0 Å². The van der Waals surface area contributed by atoms with Gasteiger partial charge in [0.2, 0.25) is 5.95 Å². The molecule has 248 valence electrons. The summed E-state index contributed by atoms with van der Waals surface area (Å²) >= 11 is 1.84. The van der Waals surface area contributed by atoms with Crippen LogP contribution < -0.4 is 0 Å². The Labute approximate surface area is 310 Å². The van der Waals surface area contributed by atoms with Crippen molar-refractivity contribution in [2.24, 2.45) is 0 Å². The van der Waals surface area contributed by atoms with Crippen LogP contribution in [0.25, 0.3) is 89.2 Å². The van der Waals surface area contributed by atoms with Gasteiger partial charge in [-0.1, -0.05) is 157 Å². The molecule has 0 atom stereocenters. The Morgan fingerprint density at radius 3 is 1.72 bits per heavy atom. The zero-order valence-electron chi connectivity index (χ0n) is 28.5. The molecule has 4 nitrogen and oxygen atoms in total. The van der Waals surface area contributed by atoms with E-state index in [0.717, 1.165) is 39.2 Å². The Hall–Kier alpha value is -6.69. The van der Waals surface area contributed by atoms with Crippen molar-refractivity contribution in [2.45, 2.75) is 9.79 Å². The molecule has 0 radical (unpaired) electrons. The fourth-order valence-corrected chi connectivity index (χ4v) is 9.00. The van der Waals surface area contributed by atoms with Crippen LogP contribution in [0.5, 0.6) is 0 Å². The predicted molar refractivity (Wildman–Crippen MR) is 219 cm³/mol. The third-order valence-corrected chi connectivity index (χ3v) is 11.5. The minimum Gasteiger partial charge on any atom is -0.293 e. The van der Waals surface area contributed by atoms with E-state index >= 15 is 0 Å². The number of rotatable bonds is 5. The van der Waals surface area contributed by atoms with Crippen LogP contribution in [0.15, 0.2) is 192 Å². The van der Waals surface area contributed by atoms with E-state index < -0.39 is 0 Å². The molecule has 10 aromatic rings. The first-order valence-electron chi connectivity index (χ1n) is 17.8. The van der Waals surface area contributed by atoms with E-state index in [9.17, 15) is 0 Å². The zero-order valence-corrected chi connectivity index (χ0v) is 29.3. The van der Waals surface area contributed by atoms with Gasteiger partial charge in [0.1, 0.15) is 5.65 Å². The molecule has 0 unspecified atom stereocenters. The largest absolute Gasteiger partial charge is 0.293 e. The topological polar surface area (TPSA) is 35.6 Å². The smallest absolute Gasteiger partial charge is 0.236 e. The van der Waals surface area contributed by atoms with Gasteiger partial charge in [0, 0.05) is 37.1 Å². The van der Waals surface area contributed by atoms with Gasteiger partial charge in [0.05, 0.1) is 28.1 Å². The van der Waals surface area contributed by atoms with Crippen LogP contribution in [-0.4, -0.2) is 19.1 Å². The highest BCUT2D eigenvalue weighted by Gasteiger charge is 2.28. The van der Waals surface area contributed by atoms with Crippen LogP contribution in [0.4, 0.5) is 0 Å². The van der Waals surface area contributed by atoms with Gasteiger partial charge in [-0.25, -0.2) is 9.97 Å². The molecule has 0 saturated heterocycles. The Kier molecular flexibility index (Phi) is 6.76. The fraction of sp³-hybridized carbons (Fsp3) is 0. The fourth-order valence-electron chi connectivity index (χ4n) is 7.91. The average molecular weight is 695 g/mol. The van der Waals surface area contributed by atoms with E-state index in [2.05, 4.69) is 185 Å². The summed E-state index contributed by atoms with van der Waals surface area (Å²) in [4.78, 5) is 13.2. The summed E-state index contributed by atoms with van der Waals surface area (Å²) in [6, 6.07) is 64.6. The van der Waals surface area contributed by atoms with Gasteiger partial charge in [0.15, 0.2) is 0 Å². The molecule has 1 aliphatic heterocycles. The van der Waals surface area contributed by atoms with Crippen molar-refractivity contribution in [1.29, 1.82) is 0 Å². The number of hydrogen-bond donors (Lipinski definition) is 0. The highest BCUT2D eigenvalue weighted by atomic mass is 32.2. The molecule has 3 aromatic heterocycles. The van der Waals surface area contributed by atoms with Crippen LogP contribution in [0.3, 0.4) is 0 Å². The molecule has 0 aliphatic carbocycles. The molecular formula is C48H30N4S. The Balaban J connectivity index is 1.14. The first-order chi connectivity index (χ1) is 26.3. The highest BCUT2D eigenvalue weighted by molar-refractivity contribution is 7.99. The minimum atomic E-state index is 0.642. The standard InChI is InChI=1S/C48H30N4S/c1-3-13-31(14-4-1)35-17-11-18-36(29-35)32-25-27-34(28-26-32)40-30-39(33-15-5-2-6-16-33)49-48(50-40)52-41-21-8-7-19-37(41)45-38-20-12-24-44-46(38)51(47(45)52)42-22-9-10-23-43(42)53-44/h1-30H. The van der Waals surface area contributed by atoms with Gasteiger partial charge in [0.25, 0.3) is 0 Å². The number of hydrogen-bond acceptors (Lipinski definition) is 3. The Morgan fingerprint density at radius 2 is 0.943 bits per heavy atom. The molecule has 0 bridgehead atoms. The molecule has 0 spiro atoms. The molecule has 0 saturated carbocycles. The molecule has 0 fully saturated rings. The number of fused-ring (bicyclic) bond motifs is 7. The monoisotopic (exact) mass is 694 g/mol. The van der Waals surface area contributed by atoms with Crippen LogP contribution in [0.2, 0.25) is 0 Å². The highest BCUT2D eigenvalue weighted by Crippen LogP contribution is 2.49. The van der Waals surface area contributed by atoms with Crippen molar-refractivity contribution in [1.82, 2.24) is 19.1 Å². The van der Waals surface area contributed by atoms with E-state index in [1.807, 2.05) is 17.8 Å². The summed E-state index contributed by atoms with van der Waals surface area (Å²) in [6.07, 6.45) is 0. The summed E-state index contributed by atoms with van der Waals surface area (Å²) in [7, 11) is 0. The van der Waals surface area contributed by atoms with Crippen LogP contribution in [0, 0.1) is 0 Å². The molecule has 11 rings (SSSR count). The lowest BCUT2D eigenvalue weighted by Crippen LogP contribution is -2.08. The lowest BCUT2D eigenvalue weighted by molar-refractivity contribution is 0.953. The number of benzene rings is 7. The SMILES string of the molecule is c1ccc(-c2cccc(-c3ccc(-c4cc(-c5ccccc5)nc(-n5c6ccccc6c6c7cccc8c7n(c65)-c5ccccc5S8)n4)cc3)c2)cc1. The molecule has 53 heavy (non-hydrogen) atoms. The Bertz CT molecular complexity index is 3010. The zero-order chi connectivity index (χ0) is 34.9. The molecule has 1 aliphatic rings. The Morgan fingerprint density at radius 1 is 0.396 bits per heavy atom. The van der Waals surface area contributed by atoms with E-state index in [4.69, 9.17) is 9.97 Å². The summed E-state index contributed by atoms with van der Waals surface area (Å²) < 4.78 is 4.71. The first-order valence-corrected chi connectivity index (χ1v) is 18.7. The normalized spacial score (nSPS) is 12.1. The summed E-state index contributed by atoms with van der Waals surface area (Å²) in [5, 5.41) is 3.64. The number of para-hydroxylation sites is 3. The van der Waals surface area contributed by atoms with Crippen molar-refractivity contribution in [3.05, 3.63) is 182 Å². The van der Waals surface area contributed by atoms with Gasteiger partial charge in [-0.05, 0) is 58.7 Å². The van der Waals surface area contributed by atoms with Crippen molar-refractivity contribution < 1.29 is 0 Å². The number of aromatic nitrogens is 4. The lowest BCUT2D eigenvalue weighted by atomic mass is 9.98. The first kappa shape index (κ1) is 30.0. The van der Waals surface area contributed by atoms with Gasteiger partial charge in [-0.3, -0.25) is 9.13 Å². The molecule has 7 aromatic carbocycles. The quantitative estimate of drug-likeness (QED) is 0.180. The average Bonchev–Trinajstić information content (AvgIpc) is 3.76. The van der Waals surface area contributed by atoms with Gasteiger partial charge < -0.3 is 0 Å². The van der Waals surface area contributed by atoms with Crippen LogP contribution in [0.1, 0.15) is 0 Å². The molecule has 0 N–H and O–H groups in total. The summed E-state index contributed by atoms with van der Waals surface area (Å²) in [6.45, 7) is 0. The third-order valence-electron chi connectivity index (χ3n) is 10.3. The van der Waals surface area contributed by atoms with Gasteiger partial charge in [-0.15, -0.1) is 0 Å². The van der Waals surface area contributed by atoms with E-state index in [0.29, 0.717) is 5.95 Å². The van der Waals surface area contributed by atoms with Gasteiger partial charge in [-0.2, -0.15) is 0 Å². The summed E-state index contributed by atoms with van der Waals surface area (Å²) in [5.41, 5.74) is 13.1. The van der Waals surface area contributed by atoms with Crippen molar-refractivity contribution in [2.75, 3.05) is 0 Å². The van der Waals surface area contributed by atoms with Crippen LogP contribution >= 0.6 is 11.8 Å². The van der Waals surface area contributed by atoms with Crippen LogP contribution in [-0.2, 0) is 0 Å². The third kappa shape index (κ3) is 4.78. The second kappa shape index (κ2) is 11.9. The maximum Gasteiger partial charge on any atom is 0.236 e. The second-order valence-corrected chi connectivity index (χ2v) is 14.5. The van der Waals surface area contributed by atoms with E-state index in [1.54, 1.807) is 0 Å².